The van der Waals surface area contributed by atoms with E-state index in [0.29, 0.717) is 5.95 Å². The molecule has 1 aliphatic rings. The lowest BCUT2D eigenvalue weighted by molar-refractivity contribution is -0.312. The van der Waals surface area contributed by atoms with Crippen LogP contribution in [0.15, 0.2) is 51.5 Å². The minimum atomic E-state index is -0.406. The van der Waals surface area contributed by atoms with Crippen LogP contribution in [0.1, 0.15) is 27.2 Å². The van der Waals surface area contributed by atoms with Gasteiger partial charge in [-0.1, -0.05) is 13.0 Å². The Morgan fingerprint density at radius 2 is 1.40 bits per heavy atom. The number of allylic oxidation sites excluding steroid dienone is 1. The summed E-state index contributed by atoms with van der Waals surface area (Å²) in [6, 6.07) is 0. The Morgan fingerprint density at radius 1 is 1.13 bits per heavy atom. The van der Waals surface area contributed by atoms with Gasteiger partial charge in [0.15, 0.2) is 0 Å². The average molecular weight is 212 g/mol. The van der Waals surface area contributed by atoms with Crippen LogP contribution in [0.3, 0.4) is 0 Å². The van der Waals surface area contributed by atoms with Crippen molar-refractivity contribution in [1.29, 1.82) is 0 Å². The molecule has 0 aromatic carbocycles. The monoisotopic (exact) mass is 212 g/mol. The van der Waals surface area contributed by atoms with E-state index in [2.05, 4.69) is 46.4 Å². The van der Waals surface area contributed by atoms with E-state index in [1.165, 1.54) is 0 Å². The van der Waals surface area contributed by atoms with Crippen molar-refractivity contribution in [3.8, 4) is 0 Å². The van der Waals surface area contributed by atoms with E-state index in [1.807, 2.05) is 19.9 Å². The maximum atomic E-state index is 4.91. The Hall–Kier alpha value is -1.44. The van der Waals surface area contributed by atoms with E-state index >= 15 is 0 Å². The van der Waals surface area contributed by atoms with E-state index < -0.39 is 5.79 Å². The summed E-state index contributed by atoms with van der Waals surface area (Å²) < 4.78 is 9.82. The van der Waals surface area contributed by atoms with Crippen LogP contribution in [0, 0.1) is 0 Å². The molecule has 2 heteroatoms. The topological polar surface area (TPSA) is 18.5 Å². The zero-order valence-electron chi connectivity index (χ0n) is 10.3. The third-order valence-electron chi connectivity index (χ3n) is 1.01. The molecule has 0 aromatic rings. The lowest BCUT2D eigenvalue weighted by Gasteiger charge is -2.37. The first kappa shape index (κ1) is 19.2. The van der Waals surface area contributed by atoms with Crippen LogP contribution in [0.5, 0.6) is 0 Å². The SMILES string of the molecule is C=C.C=C.C=C1OC(C)(C)O1.C=CCC. The highest BCUT2D eigenvalue weighted by atomic mass is 16.9. The molecular formula is C13H24O2. The molecular weight excluding hydrogens is 188 g/mol. The highest BCUT2D eigenvalue weighted by Crippen LogP contribution is 2.28. The molecule has 0 aliphatic carbocycles. The molecule has 1 fully saturated rings. The van der Waals surface area contributed by atoms with Gasteiger partial charge in [0.1, 0.15) is 0 Å². The molecule has 2 nitrogen and oxygen atoms in total. The average Bonchev–Trinajstić information content (AvgIpc) is 2.21. The maximum absolute atomic E-state index is 4.91. The predicted octanol–water partition coefficient (Wildman–Crippen LogP) is 4.43. The van der Waals surface area contributed by atoms with Gasteiger partial charge in [-0.25, -0.2) is 0 Å². The maximum Gasteiger partial charge on any atom is 0.278 e. The third kappa shape index (κ3) is 15.3. The molecule has 0 N–H and O–H groups in total. The Morgan fingerprint density at radius 3 is 1.40 bits per heavy atom. The Labute approximate surface area is 94.6 Å². The highest BCUT2D eigenvalue weighted by molar-refractivity contribution is 4.83. The van der Waals surface area contributed by atoms with E-state index in [1.54, 1.807) is 0 Å². The van der Waals surface area contributed by atoms with Crippen LogP contribution in [0.25, 0.3) is 0 Å². The number of ether oxygens (including phenoxy) is 2. The zero-order valence-corrected chi connectivity index (χ0v) is 10.3. The molecule has 1 aliphatic heterocycles. The molecule has 1 rings (SSSR count). The fraction of sp³-hybridized carbons (Fsp3) is 0.385. The van der Waals surface area contributed by atoms with Crippen molar-refractivity contribution in [2.45, 2.75) is 33.0 Å². The van der Waals surface area contributed by atoms with Crippen LogP contribution >= 0.6 is 0 Å². The molecule has 1 saturated heterocycles. The molecule has 0 aromatic heterocycles. The Kier molecular flexibility index (Phi) is 16.1. The Bertz CT molecular complexity index is 159. The van der Waals surface area contributed by atoms with Gasteiger partial charge in [-0.2, -0.15) is 0 Å². The first-order valence-corrected chi connectivity index (χ1v) is 4.69. The summed E-state index contributed by atoms with van der Waals surface area (Å²) in [6.07, 6.45) is 2.96. The van der Waals surface area contributed by atoms with Crippen molar-refractivity contribution in [1.82, 2.24) is 0 Å². The lowest BCUT2D eigenvalue weighted by atomic mass is 10.3. The summed E-state index contributed by atoms with van der Waals surface area (Å²) >= 11 is 0. The van der Waals surface area contributed by atoms with Crippen molar-refractivity contribution < 1.29 is 9.47 Å². The van der Waals surface area contributed by atoms with Gasteiger partial charge in [0.2, 0.25) is 0 Å². The molecule has 0 radical (unpaired) electrons. The van der Waals surface area contributed by atoms with Gasteiger partial charge in [0, 0.05) is 13.8 Å². The standard InChI is InChI=1S/C5H8O2.C4H8.2C2H4/c1-4-6-5(2,3)7-4;1-3-4-2;2*1-2/h1H2,2-3H3;3H,1,4H2,2H3;2*1-2H2. The van der Waals surface area contributed by atoms with Crippen LogP contribution in [0.4, 0.5) is 0 Å². The van der Waals surface area contributed by atoms with Crippen LogP contribution in [-0.2, 0) is 9.47 Å². The normalized spacial score (nSPS) is 13.7. The van der Waals surface area contributed by atoms with Gasteiger partial charge in [0.05, 0.1) is 0 Å². The van der Waals surface area contributed by atoms with Crippen molar-refractivity contribution in [2.75, 3.05) is 0 Å². The van der Waals surface area contributed by atoms with E-state index in [0.717, 1.165) is 6.42 Å². The van der Waals surface area contributed by atoms with Gasteiger partial charge in [-0.3, -0.25) is 0 Å². The lowest BCUT2D eigenvalue weighted by Crippen LogP contribution is -2.38. The molecule has 0 saturated carbocycles. The first-order valence-electron chi connectivity index (χ1n) is 4.69. The largest absolute Gasteiger partial charge is 0.423 e. The second-order valence-electron chi connectivity index (χ2n) is 2.67. The Balaban J connectivity index is -0.000000156. The fourth-order valence-corrected chi connectivity index (χ4v) is 0.556. The van der Waals surface area contributed by atoms with Crippen molar-refractivity contribution in [3.05, 3.63) is 51.5 Å². The van der Waals surface area contributed by atoms with Gasteiger partial charge >= 0.3 is 0 Å². The quantitative estimate of drug-likeness (QED) is 0.599. The van der Waals surface area contributed by atoms with Crippen molar-refractivity contribution >= 4 is 0 Å². The summed E-state index contributed by atoms with van der Waals surface area (Å²) in [5.41, 5.74) is 0. The molecule has 0 atom stereocenters. The molecule has 0 spiro atoms. The number of hydrogen-bond donors (Lipinski definition) is 0. The third-order valence-corrected chi connectivity index (χ3v) is 1.01. The van der Waals surface area contributed by atoms with Crippen molar-refractivity contribution in [3.63, 3.8) is 0 Å². The van der Waals surface area contributed by atoms with Gasteiger partial charge in [-0.15, -0.1) is 32.9 Å². The fourth-order valence-electron chi connectivity index (χ4n) is 0.556. The highest BCUT2D eigenvalue weighted by Gasteiger charge is 2.33. The summed E-state index contributed by atoms with van der Waals surface area (Å²) in [7, 11) is 0. The van der Waals surface area contributed by atoms with Crippen LogP contribution < -0.4 is 0 Å². The van der Waals surface area contributed by atoms with Crippen molar-refractivity contribution in [2.24, 2.45) is 0 Å². The molecule has 0 bridgehead atoms. The second kappa shape index (κ2) is 12.6. The summed E-state index contributed by atoms with van der Waals surface area (Å²) in [4.78, 5) is 0. The summed E-state index contributed by atoms with van der Waals surface area (Å²) in [5.74, 6) is 0.0156. The van der Waals surface area contributed by atoms with Gasteiger partial charge in [0.25, 0.3) is 11.7 Å². The molecule has 88 valence electrons. The minimum absolute atomic E-state index is 0.406. The van der Waals surface area contributed by atoms with Gasteiger partial charge < -0.3 is 9.47 Å². The number of hydrogen-bond acceptors (Lipinski definition) is 2. The first-order chi connectivity index (χ1) is 7.02. The summed E-state index contributed by atoms with van der Waals surface area (Å²) in [6.45, 7) is 24.6. The smallest absolute Gasteiger partial charge is 0.278 e. The molecule has 0 unspecified atom stereocenters. The predicted molar refractivity (Wildman–Crippen MR) is 68.4 cm³/mol. The molecule has 15 heavy (non-hydrogen) atoms. The molecule has 1 heterocycles. The number of rotatable bonds is 1. The summed E-state index contributed by atoms with van der Waals surface area (Å²) in [5, 5.41) is 0. The van der Waals surface area contributed by atoms with Crippen LogP contribution in [0.2, 0.25) is 0 Å². The van der Waals surface area contributed by atoms with Crippen LogP contribution in [-0.4, -0.2) is 5.79 Å². The van der Waals surface area contributed by atoms with Gasteiger partial charge in [-0.05, 0) is 13.0 Å². The minimum Gasteiger partial charge on any atom is -0.423 e. The van der Waals surface area contributed by atoms with E-state index in [9.17, 15) is 0 Å². The zero-order chi connectivity index (χ0) is 12.9. The second-order valence-corrected chi connectivity index (χ2v) is 2.67. The molecule has 0 amide bonds. The van der Waals surface area contributed by atoms with E-state index in [4.69, 9.17) is 9.47 Å². The van der Waals surface area contributed by atoms with E-state index in [-0.39, 0.29) is 0 Å².